The summed E-state index contributed by atoms with van der Waals surface area (Å²) in [6, 6.07) is 0. The first-order valence-electron chi connectivity index (χ1n) is 8.42. The van der Waals surface area contributed by atoms with Crippen molar-refractivity contribution in [2.75, 3.05) is 0 Å². The fourth-order valence-electron chi connectivity index (χ4n) is 3.03. The number of hydrogen-bond donors (Lipinski definition) is 0. The van der Waals surface area contributed by atoms with E-state index in [0.29, 0.717) is 17.6 Å². The van der Waals surface area contributed by atoms with E-state index in [9.17, 15) is 14.4 Å². The van der Waals surface area contributed by atoms with Gasteiger partial charge in [-0.15, -0.1) is 0 Å². The van der Waals surface area contributed by atoms with Gasteiger partial charge in [-0.05, 0) is 45.3 Å². The Morgan fingerprint density at radius 1 is 1.44 bits per heavy atom. The van der Waals surface area contributed by atoms with Crippen molar-refractivity contribution in [2.45, 2.75) is 52.2 Å². The largest absolute Gasteiger partial charge is 0.458 e. The van der Waals surface area contributed by atoms with Gasteiger partial charge >= 0.3 is 11.9 Å². The molecule has 134 valence electrons. The Labute approximate surface area is 148 Å². The molecule has 1 aliphatic carbocycles. The summed E-state index contributed by atoms with van der Waals surface area (Å²) in [5.74, 6) is -1.46. The van der Waals surface area contributed by atoms with Crippen LogP contribution in [0.5, 0.6) is 0 Å². The van der Waals surface area contributed by atoms with Crippen LogP contribution in [-0.4, -0.2) is 30.4 Å². The maximum Gasteiger partial charge on any atom is 0.334 e. The van der Waals surface area contributed by atoms with Gasteiger partial charge in [-0.3, -0.25) is 4.79 Å². The minimum Gasteiger partial charge on any atom is -0.458 e. The van der Waals surface area contributed by atoms with Crippen LogP contribution in [-0.2, 0) is 23.9 Å². The van der Waals surface area contributed by atoms with Gasteiger partial charge in [0.15, 0.2) is 0 Å². The Kier molecular flexibility index (Phi) is 6.12. The Hall–Kier alpha value is -2.43. The molecule has 1 fully saturated rings. The van der Waals surface area contributed by atoms with E-state index in [0.717, 1.165) is 18.3 Å². The highest BCUT2D eigenvalue weighted by molar-refractivity contribution is 5.92. The maximum absolute atomic E-state index is 12.3. The molecule has 5 nitrogen and oxygen atoms in total. The molecule has 0 amide bonds. The fraction of sp³-hybridized carbons (Fsp3) is 0.450. The van der Waals surface area contributed by atoms with E-state index in [1.165, 1.54) is 0 Å². The molecule has 0 aromatic carbocycles. The average Bonchev–Trinajstić information content (AvgIpc) is 2.85. The van der Waals surface area contributed by atoms with E-state index >= 15 is 0 Å². The summed E-state index contributed by atoms with van der Waals surface area (Å²) < 4.78 is 11.1. The van der Waals surface area contributed by atoms with Crippen molar-refractivity contribution < 1.29 is 23.9 Å². The Balaban J connectivity index is 2.42. The predicted molar refractivity (Wildman–Crippen MR) is 93.6 cm³/mol. The van der Waals surface area contributed by atoms with Crippen molar-refractivity contribution in [1.29, 1.82) is 0 Å². The highest BCUT2D eigenvalue weighted by atomic mass is 16.6. The Morgan fingerprint density at radius 3 is 2.80 bits per heavy atom. The van der Waals surface area contributed by atoms with Gasteiger partial charge in [-0.2, -0.15) is 0 Å². The average molecular weight is 344 g/mol. The molecule has 0 spiro atoms. The molecule has 0 aromatic heterocycles. The third-order valence-corrected chi connectivity index (χ3v) is 4.66. The van der Waals surface area contributed by atoms with Crippen molar-refractivity contribution in [3.05, 3.63) is 47.1 Å². The lowest BCUT2D eigenvalue weighted by atomic mass is 9.85. The maximum atomic E-state index is 12.3. The molecular formula is C20H24O5. The minimum absolute atomic E-state index is 0.232. The molecule has 25 heavy (non-hydrogen) atoms. The summed E-state index contributed by atoms with van der Waals surface area (Å²) in [6.45, 7) is 9.18. The molecule has 0 bridgehead atoms. The van der Waals surface area contributed by atoms with E-state index < -0.39 is 30.1 Å². The van der Waals surface area contributed by atoms with Gasteiger partial charge in [0.05, 0.1) is 5.92 Å². The lowest BCUT2D eigenvalue weighted by molar-refractivity contribution is -0.147. The summed E-state index contributed by atoms with van der Waals surface area (Å²) in [7, 11) is 0. The van der Waals surface area contributed by atoms with Gasteiger partial charge in [-0.1, -0.05) is 24.3 Å². The van der Waals surface area contributed by atoms with Crippen LogP contribution in [0, 0.1) is 5.92 Å². The number of rotatable bonds is 3. The molecule has 1 heterocycles. The van der Waals surface area contributed by atoms with Gasteiger partial charge in [0.25, 0.3) is 0 Å². The molecule has 1 aliphatic heterocycles. The van der Waals surface area contributed by atoms with Crippen LogP contribution in [0.15, 0.2) is 47.1 Å². The van der Waals surface area contributed by atoms with Crippen molar-refractivity contribution in [1.82, 2.24) is 0 Å². The summed E-state index contributed by atoms with van der Waals surface area (Å²) in [4.78, 5) is 35.7. The molecule has 0 aromatic rings. The molecule has 5 heteroatoms. The molecule has 3 unspecified atom stereocenters. The van der Waals surface area contributed by atoms with Gasteiger partial charge in [0.1, 0.15) is 18.5 Å². The smallest absolute Gasteiger partial charge is 0.334 e. The molecule has 3 atom stereocenters. The zero-order chi connectivity index (χ0) is 18.6. The van der Waals surface area contributed by atoms with Gasteiger partial charge in [0.2, 0.25) is 0 Å². The topological polar surface area (TPSA) is 69.7 Å². The summed E-state index contributed by atoms with van der Waals surface area (Å²) >= 11 is 0. The first kappa shape index (κ1) is 18.9. The SMILES string of the molecule is C=C1C(=O)OC2C=C(C)CCC=C(C=O)CC(OC(=O)C(C)=CC)C12. The third-order valence-electron chi connectivity index (χ3n) is 4.66. The van der Waals surface area contributed by atoms with E-state index in [2.05, 4.69) is 6.58 Å². The number of carbonyl (C=O) groups excluding carboxylic acids is 3. The molecule has 1 saturated heterocycles. The number of allylic oxidation sites excluding steroid dienone is 3. The number of carbonyl (C=O) groups is 3. The van der Waals surface area contributed by atoms with Crippen molar-refractivity contribution >= 4 is 18.2 Å². The zero-order valence-corrected chi connectivity index (χ0v) is 14.9. The Morgan fingerprint density at radius 2 is 2.16 bits per heavy atom. The first-order chi connectivity index (χ1) is 11.9. The molecule has 0 radical (unpaired) electrons. The third kappa shape index (κ3) is 4.35. The molecule has 2 aliphatic rings. The molecule has 0 saturated carbocycles. The second kappa shape index (κ2) is 8.10. The van der Waals surface area contributed by atoms with Crippen LogP contribution in [0.1, 0.15) is 40.0 Å². The molecule has 0 N–H and O–H groups in total. The Bertz CT molecular complexity index is 680. The fourth-order valence-corrected chi connectivity index (χ4v) is 3.03. The second-order valence-corrected chi connectivity index (χ2v) is 6.49. The van der Waals surface area contributed by atoms with Gasteiger partial charge in [0, 0.05) is 17.6 Å². The monoisotopic (exact) mass is 344 g/mol. The van der Waals surface area contributed by atoms with Crippen molar-refractivity contribution in [3.8, 4) is 0 Å². The minimum atomic E-state index is -0.690. The highest BCUT2D eigenvalue weighted by Gasteiger charge is 2.44. The van der Waals surface area contributed by atoms with Gasteiger partial charge in [-0.25, -0.2) is 9.59 Å². The summed E-state index contributed by atoms with van der Waals surface area (Å²) in [5, 5.41) is 0. The lowest BCUT2D eigenvalue weighted by Gasteiger charge is -2.27. The van der Waals surface area contributed by atoms with Gasteiger partial charge < -0.3 is 9.47 Å². The van der Waals surface area contributed by atoms with E-state index in [1.807, 2.05) is 19.1 Å². The normalized spacial score (nSPS) is 27.6. The van der Waals surface area contributed by atoms with Crippen LogP contribution in [0.2, 0.25) is 0 Å². The second-order valence-electron chi connectivity index (χ2n) is 6.49. The number of aldehydes is 1. The first-order valence-corrected chi connectivity index (χ1v) is 8.42. The number of esters is 2. The van der Waals surface area contributed by atoms with Crippen molar-refractivity contribution in [3.63, 3.8) is 0 Å². The summed E-state index contributed by atoms with van der Waals surface area (Å²) in [6.07, 6.45) is 6.67. The zero-order valence-electron chi connectivity index (χ0n) is 14.9. The highest BCUT2D eigenvalue weighted by Crippen LogP contribution is 2.36. The van der Waals surface area contributed by atoms with E-state index in [4.69, 9.17) is 9.47 Å². The number of fused-ring (bicyclic) bond motifs is 1. The predicted octanol–water partition coefficient (Wildman–Crippen LogP) is 3.22. The molecular weight excluding hydrogens is 320 g/mol. The standard InChI is InChI=1S/C20H24O5/c1-5-13(3)19(22)24-17-10-15(11-21)8-6-7-12(2)9-16-18(17)14(4)20(23)25-16/h5,8-9,11,16-18H,4,6-7,10H2,1-3H3. The van der Waals surface area contributed by atoms with Crippen molar-refractivity contribution in [2.24, 2.45) is 5.92 Å². The number of ether oxygens (including phenoxy) is 2. The molecule has 2 rings (SSSR count). The summed E-state index contributed by atoms with van der Waals surface area (Å²) in [5.41, 5.74) is 2.34. The number of hydrogen-bond acceptors (Lipinski definition) is 5. The van der Waals surface area contributed by atoms with Crippen LogP contribution in [0.25, 0.3) is 0 Å². The van der Waals surface area contributed by atoms with E-state index in [1.54, 1.807) is 19.9 Å². The van der Waals surface area contributed by atoms with Crippen LogP contribution in [0.4, 0.5) is 0 Å². The van der Waals surface area contributed by atoms with Crippen LogP contribution < -0.4 is 0 Å². The van der Waals surface area contributed by atoms with Crippen LogP contribution in [0.3, 0.4) is 0 Å². The van der Waals surface area contributed by atoms with E-state index in [-0.39, 0.29) is 12.0 Å². The van der Waals surface area contributed by atoms with Crippen LogP contribution >= 0.6 is 0 Å². The lowest BCUT2D eigenvalue weighted by Crippen LogP contribution is -2.34. The quantitative estimate of drug-likeness (QED) is 0.340.